The molecule has 0 aromatic heterocycles. The molecule has 132 valence electrons. The first-order valence-corrected chi connectivity index (χ1v) is 9.59. The van der Waals surface area contributed by atoms with Crippen molar-refractivity contribution in [3.63, 3.8) is 0 Å². The SMILES string of the molecule is Cc1ccc(N2C(=O)/C(=C/c3ccc(Br)c([N+](=O)[O-])c3)SC2=S)cc1C. The normalized spacial score (nSPS) is 15.8. The van der Waals surface area contributed by atoms with E-state index in [1.807, 2.05) is 32.0 Å². The number of thiocarbonyl (C=S) groups is 1. The standard InChI is InChI=1S/C18H13BrN2O3S2/c1-10-3-5-13(7-11(10)2)20-17(22)16(26-18(20)25)9-12-4-6-14(19)15(8-12)21(23)24/h3-9H,1-2H3/b16-9-. The summed E-state index contributed by atoms with van der Waals surface area (Å²) in [6, 6.07) is 10.5. The first kappa shape index (κ1) is 18.8. The Morgan fingerprint density at radius 3 is 2.58 bits per heavy atom. The minimum Gasteiger partial charge on any atom is -0.268 e. The van der Waals surface area contributed by atoms with Crippen LogP contribution in [0.1, 0.15) is 16.7 Å². The number of nitrogens with zero attached hydrogens (tertiary/aromatic N) is 2. The number of aryl methyl sites for hydroxylation is 2. The predicted molar refractivity (Wildman–Crippen MR) is 112 cm³/mol. The fraction of sp³-hybridized carbons (Fsp3) is 0.111. The Bertz CT molecular complexity index is 988. The molecule has 1 amide bonds. The van der Waals surface area contributed by atoms with E-state index in [1.54, 1.807) is 18.2 Å². The third-order valence-corrected chi connectivity index (χ3v) is 5.98. The maximum atomic E-state index is 12.8. The predicted octanol–water partition coefficient (Wildman–Crippen LogP) is 5.38. The fourth-order valence-corrected chi connectivity index (χ4v) is 4.16. The Labute approximate surface area is 168 Å². The van der Waals surface area contributed by atoms with Crippen LogP contribution in [0.2, 0.25) is 0 Å². The molecule has 26 heavy (non-hydrogen) atoms. The van der Waals surface area contributed by atoms with E-state index in [-0.39, 0.29) is 11.6 Å². The highest BCUT2D eigenvalue weighted by atomic mass is 79.9. The summed E-state index contributed by atoms with van der Waals surface area (Å²) in [6.07, 6.45) is 1.62. The molecule has 1 aliphatic rings. The second kappa shape index (κ2) is 7.30. The van der Waals surface area contributed by atoms with Gasteiger partial charge in [0.15, 0.2) is 4.32 Å². The topological polar surface area (TPSA) is 63.5 Å². The highest BCUT2D eigenvalue weighted by Gasteiger charge is 2.33. The molecule has 8 heteroatoms. The lowest BCUT2D eigenvalue weighted by molar-refractivity contribution is -0.385. The third-order valence-electron chi connectivity index (χ3n) is 4.01. The number of nitro groups is 1. The molecule has 2 aromatic carbocycles. The Morgan fingerprint density at radius 1 is 1.19 bits per heavy atom. The zero-order valence-electron chi connectivity index (χ0n) is 13.9. The summed E-state index contributed by atoms with van der Waals surface area (Å²) in [4.78, 5) is 25.3. The molecule has 0 radical (unpaired) electrons. The van der Waals surface area contributed by atoms with Crippen molar-refractivity contribution in [2.75, 3.05) is 4.90 Å². The number of thioether (sulfide) groups is 1. The first-order valence-electron chi connectivity index (χ1n) is 7.57. The molecule has 0 aliphatic carbocycles. The van der Waals surface area contributed by atoms with Crippen LogP contribution in [0, 0.1) is 24.0 Å². The maximum absolute atomic E-state index is 12.8. The molecule has 0 bridgehead atoms. The lowest BCUT2D eigenvalue weighted by Gasteiger charge is -2.15. The van der Waals surface area contributed by atoms with Crippen LogP contribution in [0.25, 0.3) is 6.08 Å². The van der Waals surface area contributed by atoms with E-state index in [4.69, 9.17) is 12.2 Å². The van der Waals surface area contributed by atoms with Gasteiger partial charge in [-0.05, 0) is 70.7 Å². The highest BCUT2D eigenvalue weighted by Crippen LogP contribution is 2.37. The molecule has 2 aromatic rings. The highest BCUT2D eigenvalue weighted by molar-refractivity contribution is 9.10. The number of hydrogen-bond acceptors (Lipinski definition) is 5. The summed E-state index contributed by atoms with van der Waals surface area (Å²) >= 11 is 9.71. The van der Waals surface area contributed by atoms with E-state index in [0.717, 1.165) is 16.8 Å². The van der Waals surface area contributed by atoms with Crippen molar-refractivity contribution < 1.29 is 9.72 Å². The Hall–Kier alpha value is -2.03. The Morgan fingerprint density at radius 2 is 1.92 bits per heavy atom. The van der Waals surface area contributed by atoms with E-state index in [9.17, 15) is 14.9 Å². The van der Waals surface area contributed by atoms with Crippen molar-refractivity contribution in [3.8, 4) is 0 Å². The van der Waals surface area contributed by atoms with Crippen molar-refractivity contribution >= 4 is 67.6 Å². The molecule has 5 nitrogen and oxygen atoms in total. The van der Waals surface area contributed by atoms with E-state index in [2.05, 4.69) is 15.9 Å². The molecule has 0 N–H and O–H groups in total. The number of anilines is 1. The van der Waals surface area contributed by atoms with Crippen LogP contribution in [-0.4, -0.2) is 15.2 Å². The van der Waals surface area contributed by atoms with Gasteiger partial charge in [0, 0.05) is 6.07 Å². The summed E-state index contributed by atoms with van der Waals surface area (Å²) in [5, 5.41) is 11.1. The van der Waals surface area contributed by atoms with Crippen LogP contribution in [0.15, 0.2) is 45.8 Å². The molecule has 1 heterocycles. The number of benzene rings is 2. The van der Waals surface area contributed by atoms with Gasteiger partial charge in [-0.3, -0.25) is 19.8 Å². The molecule has 0 unspecified atom stereocenters. The van der Waals surface area contributed by atoms with Crippen LogP contribution in [-0.2, 0) is 4.79 Å². The van der Waals surface area contributed by atoms with Crippen molar-refractivity contribution in [2.45, 2.75) is 13.8 Å². The van der Waals surface area contributed by atoms with E-state index in [1.165, 1.54) is 22.7 Å². The van der Waals surface area contributed by atoms with Gasteiger partial charge >= 0.3 is 0 Å². The number of nitro benzene ring substituents is 1. The van der Waals surface area contributed by atoms with Crippen LogP contribution in [0.5, 0.6) is 0 Å². The zero-order chi connectivity index (χ0) is 19.0. The minimum atomic E-state index is -0.471. The lowest BCUT2D eigenvalue weighted by Crippen LogP contribution is -2.27. The number of amides is 1. The fourth-order valence-electron chi connectivity index (χ4n) is 2.47. The van der Waals surface area contributed by atoms with Gasteiger partial charge in [-0.15, -0.1) is 0 Å². The van der Waals surface area contributed by atoms with Gasteiger partial charge in [0.1, 0.15) is 0 Å². The van der Waals surface area contributed by atoms with E-state index >= 15 is 0 Å². The molecule has 1 fully saturated rings. The molecule has 1 aliphatic heterocycles. The number of hydrogen-bond donors (Lipinski definition) is 0. The largest absolute Gasteiger partial charge is 0.284 e. The van der Waals surface area contributed by atoms with Gasteiger partial charge in [0.2, 0.25) is 0 Å². The number of halogens is 1. The number of carbonyl (C=O) groups is 1. The third kappa shape index (κ3) is 3.58. The Kier molecular flexibility index (Phi) is 5.27. The maximum Gasteiger partial charge on any atom is 0.284 e. The molecule has 0 spiro atoms. The van der Waals surface area contributed by atoms with Crippen LogP contribution in [0.4, 0.5) is 11.4 Å². The first-order chi connectivity index (χ1) is 12.3. The van der Waals surface area contributed by atoms with Gasteiger partial charge in [0.25, 0.3) is 11.6 Å². The summed E-state index contributed by atoms with van der Waals surface area (Å²) in [5.41, 5.74) is 3.45. The molecule has 1 saturated heterocycles. The number of rotatable bonds is 3. The minimum absolute atomic E-state index is 0.0524. The molecular weight excluding hydrogens is 436 g/mol. The Balaban J connectivity index is 1.96. The van der Waals surface area contributed by atoms with Crippen LogP contribution < -0.4 is 4.90 Å². The van der Waals surface area contributed by atoms with Crippen LogP contribution in [0.3, 0.4) is 0 Å². The summed E-state index contributed by atoms with van der Waals surface area (Å²) < 4.78 is 0.832. The van der Waals surface area contributed by atoms with Crippen molar-refractivity contribution in [1.82, 2.24) is 0 Å². The van der Waals surface area contributed by atoms with Crippen LogP contribution >= 0.6 is 39.9 Å². The van der Waals surface area contributed by atoms with Gasteiger partial charge in [0.05, 0.1) is 20.0 Å². The number of carbonyl (C=O) groups excluding carboxylic acids is 1. The van der Waals surface area contributed by atoms with Crippen molar-refractivity contribution in [2.24, 2.45) is 0 Å². The monoisotopic (exact) mass is 448 g/mol. The summed E-state index contributed by atoms with van der Waals surface area (Å²) in [6.45, 7) is 3.98. The second-order valence-corrected chi connectivity index (χ2v) is 8.28. The van der Waals surface area contributed by atoms with Gasteiger partial charge < -0.3 is 0 Å². The molecular formula is C18H13BrN2O3S2. The molecule has 0 saturated carbocycles. The van der Waals surface area contributed by atoms with Gasteiger partial charge in [-0.2, -0.15) is 0 Å². The molecule has 0 atom stereocenters. The van der Waals surface area contributed by atoms with Crippen molar-refractivity contribution in [1.29, 1.82) is 0 Å². The summed E-state index contributed by atoms with van der Waals surface area (Å²) in [7, 11) is 0. The zero-order valence-corrected chi connectivity index (χ0v) is 17.1. The van der Waals surface area contributed by atoms with E-state index < -0.39 is 4.92 Å². The summed E-state index contributed by atoms with van der Waals surface area (Å²) in [5.74, 6) is -0.228. The molecule has 3 rings (SSSR count). The average Bonchev–Trinajstić information content (AvgIpc) is 2.85. The quantitative estimate of drug-likeness (QED) is 0.273. The van der Waals surface area contributed by atoms with Gasteiger partial charge in [-0.1, -0.05) is 36.1 Å². The van der Waals surface area contributed by atoms with E-state index in [0.29, 0.717) is 19.3 Å². The second-order valence-electron chi connectivity index (χ2n) is 5.75. The smallest absolute Gasteiger partial charge is 0.268 e. The van der Waals surface area contributed by atoms with Gasteiger partial charge in [-0.25, -0.2) is 0 Å². The van der Waals surface area contributed by atoms with Crippen molar-refractivity contribution in [3.05, 3.63) is 72.6 Å². The lowest BCUT2D eigenvalue weighted by atomic mass is 10.1. The average molecular weight is 449 g/mol.